The van der Waals surface area contributed by atoms with Gasteiger partial charge in [-0.2, -0.15) is 0 Å². The van der Waals surface area contributed by atoms with Crippen LogP contribution in [0.5, 0.6) is 0 Å². The maximum atomic E-state index is 12.3. The van der Waals surface area contributed by atoms with E-state index in [0.29, 0.717) is 17.3 Å². The second-order valence-electron chi connectivity index (χ2n) is 4.99. The van der Waals surface area contributed by atoms with Crippen molar-refractivity contribution < 1.29 is 9.59 Å². The summed E-state index contributed by atoms with van der Waals surface area (Å²) in [5.41, 5.74) is 0.189. The van der Waals surface area contributed by atoms with Crippen molar-refractivity contribution in [2.75, 3.05) is 11.9 Å². The van der Waals surface area contributed by atoms with E-state index in [1.54, 1.807) is 38.1 Å². The van der Waals surface area contributed by atoms with E-state index in [1.807, 2.05) is 6.92 Å². The van der Waals surface area contributed by atoms with Crippen LogP contribution in [0.15, 0.2) is 30.9 Å². The molecule has 0 bridgehead atoms. The van der Waals surface area contributed by atoms with Crippen LogP contribution >= 0.6 is 11.6 Å². The van der Waals surface area contributed by atoms with Crippen LogP contribution in [0.4, 0.5) is 5.69 Å². The molecule has 0 aromatic heterocycles. The van der Waals surface area contributed by atoms with E-state index in [2.05, 4.69) is 17.2 Å². The lowest BCUT2D eigenvalue weighted by Gasteiger charge is -2.23. The summed E-state index contributed by atoms with van der Waals surface area (Å²) in [6.45, 7) is 8.79. The van der Waals surface area contributed by atoms with Gasteiger partial charge in [0, 0.05) is 17.3 Å². The zero-order valence-corrected chi connectivity index (χ0v) is 12.7. The van der Waals surface area contributed by atoms with E-state index >= 15 is 0 Å². The summed E-state index contributed by atoms with van der Waals surface area (Å²) in [5, 5.41) is 5.93. The van der Waals surface area contributed by atoms with Crippen molar-refractivity contribution in [3.63, 3.8) is 0 Å². The van der Waals surface area contributed by atoms with E-state index in [1.165, 1.54) is 0 Å². The Morgan fingerprint density at radius 1 is 1.35 bits per heavy atom. The number of carbonyl (C=O) groups excluding carboxylic acids is 2. The van der Waals surface area contributed by atoms with Gasteiger partial charge in [0.1, 0.15) is 5.41 Å². The van der Waals surface area contributed by atoms with Crippen molar-refractivity contribution in [2.45, 2.75) is 20.8 Å². The molecule has 0 atom stereocenters. The first-order valence-electron chi connectivity index (χ1n) is 6.26. The normalized spacial score (nSPS) is 10.8. The van der Waals surface area contributed by atoms with Crippen molar-refractivity contribution in [1.29, 1.82) is 0 Å². The molecule has 0 unspecified atom stereocenters. The van der Waals surface area contributed by atoms with Crippen LogP contribution in [-0.4, -0.2) is 18.4 Å². The Balaban J connectivity index is 2.86. The monoisotopic (exact) mass is 294 g/mol. The van der Waals surface area contributed by atoms with Crippen LogP contribution in [0.3, 0.4) is 0 Å². The van der Waals surface area contributed by atoms with Crippen LogP contribution < -0.4 is 10.6 Å². The predicted molar refractivity (Wildman–Crippen MR) is 81.8 cm³/mol. The first-order valence-corrected chi connectivity index (χ1v) is 6.64. The first kappa shape index (κ1) is 16.2. The summed E-state index contributed by atoms with van der Waals surface area (Å²) < 4.78 is 0. The fraction of sp³-hybridized carbons (Fsp3) is 0.333. The fourth-order valence-corrected chi connectivity index (χ4v) is 1.68. The lowest BCUT2D eigenvalue weighted by molar-refractivity contribution is -0.138. The third kappa shape index (κ3) is 3.61. The van der Waals surface area contributed by atoms with E-state index in [4.69, 9.17) is 11.6 Å². The molecule has 0 spiro atoms. The van der Waals surface area contributed by atoms with Gasteiger partial charge >= 0.3 is 0 Å². The molecule has 1 aromatic rings. The second-order valence-corrected chi connectivity index (χ2v) is 5.40. The maximum Gasteiger partial charge on any atom is 0.239 e. The summed E-state index contributed by atoms with van der Waals surface area (Å²) in [6.07, 6.45) is 1.56. The Kier molecular flexibility index (Phi) is 5.34. The van der Waals surface area contributed by atoms with Crippen molar-refractivity contribution in [2.24, 2.45) is 5.41 Å². The molecule has 1 rings (SSSR count). The molecule has 0 aliphatic carbocycles. The molecule has 5 heteroatoms. The van der Waals surface area contributed by atoms with Gasteiger partial charge in [-0.15, -0.1) is 6.58 Å². The van der Waals surface area contributed by atoms with Gasteiger partial charge in [-0.3, -0.25) is 9.59 Å². The second kappa shape index (κ2) is 6.57. The quantitative estimate of drug-likeness (QED) is 0.648. The van der Waals surface area contributed by atoms with E-state index in [0.717, 1.165) is 5.56 Å². The van der Waals surface area contributed by atoms with Gasteiger partial charge < -0.3 is 10.6 Å². The number of hydrogen-bond donors (Lipinski definition) is 2. The van der Waals surface area contributed by atoms with Crippen LogP contribution in [0.1, 0.15) is 19.4 Å². The zero-order chi connectivity index (χ0) is 15.3. The Bertz CT molecular complexity index is 539. The SMILES string of the molecule is C=CCNC(=O)C(C)(C)C(=O)Nc1cccc(Cl)c1C. The number of halogens is 1. The molecular formula is C15H19ClN2O2. The Labute approximate surface area is 124 Å². The molecule has 0 aliphatic rings. The summed E-state index contributed by atoms with van der Waals surface area (Å²) in [5.74, 6) is -0.737. The molecule has 108 valence electrons. The van der Waals surface area contributed by atoms with Crippen molar-refractivity contribution in [3.8, 4) is 0 Å². The summed E-state index contributed by atoms with van der Waals surface area (Å²) in [7, 11) is 0. The molecular weight excluding hydrogens is 276 g/mol. The fourth-order valence-electron chi connectivity index (χ4n) is 1.51. The van der Waals surface area contributed by atoms with Crippen LogP contribution in [-0.2, 0) is 9.59 Å². The van der Waals surface area contributed by atoms with Crippen molar-refractivity contribution >= 4 is 29.1 Å². The number of anilines is 1. The van der Waals surface area contributed by atoms with Gasteiger partial charge in [0.05, 0.1) is 0 Å². The molecule has 2 N–H and O–H groups in total. The van der Waals surface area contributed by atoms with Crippen LogP contribution in [0.2, 0.25) is 5.02 Å². The number of carbonyl (C=O) groups is 2. The molecule has 0 saturated carbocycles. The molecule has 1 aromatic carbocycles. The molecule has 0 radical (unpaired) electrons. The average Bonchev–Trinajstić information content (AvgIpc) is 2.40. The highest BCUT2D eigenvalue weighted by Crippen LogP contribution is 2.25. The van der Waals surface area contributed by atoms with E-state index in [-0.39, 0.29) is 11.8 Å². The third-order valence-electron chi connectivity index (χ3n) is 3.06. The summed E-state index contributed by atoms with van der Waals surface area (Å²) in [4.78, 5) is 24.2. The van der Waals surface area contributed by atoms with Gasteiger partial charge in [0.15, 0.2) is 0 Å². The molecule has 0 aliphatic heterocycles. The molecule has 20 heavy (non-hydrogen) atoms. The van der Waals surface area contributed by atoms with E-state index in [9.17, 15) is 9.59 Å². The first-order chi connectivity index (χ1) is 9.30. The topological polar surface area (TPSA) is 58.2 Å². The Morgan fingerprint density at radius 2 is 2.00 bits per heavy atom. The van der Waals surface area contributed by atoms with Gasteiger partial charge in [-0.1, -0.05) is 23.7 Å². The lowest BCUT2D eigenvalue weighted by Crippen LogP contribution is -2.45. The van der Waals surface area contributed by atoms with Gasteiger partial charge in [-0.05, 0) is 38.5 Å². The standard InChI is InChI=1S/C15H19ClN2O2/c1-5-9-17-13(19)15(3,4)14(20)18-12-8-6-7-11(16)10(12)2/h5-8H,1,9H2,2-4H3,(H,17,19)(H,18,20). The van der Waals surface area contributed by atoms with Crippen LogP contribution in [0, 0.1) is 12.3 Å². The van der Waals surface area contributed by atoms with Gasteiger partial charge in [0.25, 0.3) is 0 Å². The largest absolute Gasteiger partial charge is 0.352 e. The molecule has 0 fully saturated rings. The molecule has 0 saturated heterocycles. The van der Waals surface area contributed by atoms with Crippen LogP contribution in [0.25, 0.3) is 0 Å². The number of nitrogens with one attached hydrogen (secondary N) is 2. The van der Waals surface area contributed by atoms with Crippen molar-refractivity contribution in [3.05, 3.63) is 41.4 Å². The number of hydrogen-bond acceptors (Lipinski definition) is 2. The highest BCUT2D eigenvalue weighted by molar-refractivity contribution is 6.31. The molecule has 4 nitrogen and oxygen atoms in total. The maximum absolute atomic E-state index is 12.3. The number of rotatable bonds is 5. The minimum atomic E-state index is -1.18. The highest BCUT2D eigenvalue weighted by Gasteiger charge is 2.35. The summed E-state index contributed by atoms with van der Waals surface area (Å²) in [6, 6.07) is 5.24. The average molecular weight is 295 g/mol. The van der Waals surface area contributed by atoms with E-state index < -0.39 is 5.41 Å². The lowest BCUT2D eigenvalue weighted by atomic mass is 9.90. The number of amides is 2. The molecule has 0 heterocycles. The van der Waals surface area contributed by atoms with Gasteiger partial charge in [0.2, 0.25) is 11.8 Å². The van der Waals surface area contributed by atoms with Crippen molar-refractivity contribution in [1.82, 2.24) is 5.32 Å². The summed E-state index contributed by atoms with van der Waals surface area (Å²) >= 11 is 6.00. The Morgan fingerprint density at radius 3 is 2.60 bits per heavy atom. The minimum Gasteiger partial charge on any atom is -0.352 e. The highest BCUT2D eigenvalue weighted by atomic mass is 35.5. The van der Waals surface area contributed by atoms with Gasteiger partial charge in [-0.25, -0.2) is 0 Å². The minimum absolute atomic E-state index is 0.325. The Hall–Kier alpha value is -1.81. The predicted octanol–water partition coefficient (Wildman–Crippen LogP) is 2.92. The molecule has 2 amide bonds. The smallest absolute Gasteiger partial charge is 0.239 e. The third-order valence-corrected chi connectivity index (χ3v) is 3.47. The zero-order valence-electron chi connectivity index (χ0n) is 11.9. The number of benzene rings is 1.